The number of fused-ring (bicyclic) bond motifs is 3. The van der Waals surface area contributed by atoms with Gasteiger partial charge in [0.15, 0.2) is 0 Å². The van der Waals surface area contributed by atoms with Crippen molar-refractivity contribution in [3.05, 3.63) is 36.4 Å². The molecule has 0 spiro atoms. The Balaban J connectivity index is 2.06. The zero-order valence-corrected chi connectivity index (χ0v) is 9.52. The molecule has 1 unspecified atom stereocenters. The van der Waals surface area contributed by atoms with Gasteiger partial charge in [-0.05, 0) is 17.9 Å². The number of hydrogen-bond acceptors (Lipinski definition) is 3. The molecule has 1 aliphatic rings. The van der Waals surface area contributed by atoms with Crippen molar-refractivity contribution in [1.29, 1.82) is 0 Å². The largest absolute Gasteiger partial charge is 0.489 e. The molecule has 0 aliphatic carbocycles. The second kappa shape index (κ2) is 4.26. The molecule has 2 aromatic rings. The molecule has 1 atom stereocenters. The van der Waals surface area contributed by atoms with Gasteiger partial charge in [0, 0.05) is 12.0 Å². The lowest BCUT2D eigenvalue weighted by atomic mass is 10.1. The predicted octanol–water partition coefficient (Wildman–Crippen LogP) is 2.40. The Bertz CT molecular complexity index is 539. The van der Waals surface area contributed by atoms with Crippen LogP contribution in [0.25, 0.3) is 10.8 Å². The van der Waals surface area contributed by atoms with E-state index >= 15 is 0 Å². The van der Waals surface area contributed by atoms with Gasteiger partial charge in [-0.3, -0.25) is 0 Å². The smallest absolute Gasteiger partial charge is 0.143 e. The molecular formula is C14H15NO2. The van der Waals surface area contributed by atoms with E-state index in [0.29, 0.717) is 13.0 Å². The van der Waals surface area contributed by atoms with Gasteiger partial charge >= 0.3 is 0 Å². The molecule has 1 aliphatic heterocycles. The standard InChI is InChI=1S/C14H15NO2/c16-8-7-11-9-17-13-6-5-10-3-1-2-4-12(10)14(13)15-11/h1-6,11,15-16H,7-9H2. The van der Waals surface area contributed by atoms with Crippen molar-refractivity contribution in [2.24, 2.45) is 0 Å². The summed E-state index contributed by atoms with van der Waals surface area (Å²) < 4.78 is 5.72. The Hall–Kier alpha value is -1.74. The first-order chi connectivity index (χ1) is 8.38. The number of anilines is 1. The number of aliphatic hydroxyl groups excluding tert-OH is 1. The van der Waals surface area contributed by atoms with Crippen molar-refractivity contribution >= 4 is 16.5 Å². The predicted molar refractivity (Wildman–Crippen MR) is 68.6 cm³/mol. The van der Waals surface area contributed by atoms with Crippen LogP contribution in [0.15, 0.2) is 36.4 Å². The highest BCUT2D eigenvalue weighted by molar-refractivity contribution is 5.97. The normalized spacial score (nSPS) is 18.3. The van der Waals surface area contributed by atoms with Crippen LogP contribution in [-0.2, 0) is 0 Å². The molecule has 0 aromatic heterocycles. The molecule has 0 fully saturated rings. The first kappa shape index (κ1) is 10.4. The van der Waals surface area contributed by atoms with Gasteiger partial charge < -0.3 is 15.2 Å². The van der Waals surface area contributed by atoms with Crippen LogP contribution in [0.2, 0.25) is 0 Å². The Labute approximate surface area is 100 Å². The van der Waals surface area contributed by atoms with Gasteiger partial charge in [0.2, 0.25) is 0 Å². The van der Waals surface area contributed by atoms with Gasteiger partial charge in [-0.2, -0.15) is 0 Å². The van der Waals surface area contributed by atoms with Gasteiger partial charge in [-0.15, -0.1) is 0 Å². The number of hydrogen-bond donors (Lipinski definition) is 2. The van der Waals surface area contributed by atoms with Crippen molar-refractivity contribution in [3.8, 4) is 5.75 Å². The Morgan fingerprint density at radius 2 is 2.12 bits per heavy atom. The molecule has 2 N–H and O–H groups in total. The third kappa shape index (κ3) is 1.83. The van der Waals surface area contributed by atoms with E-state index in [2.05, 4.69) is 23.5 Å². The van der Waals surface area contributed by atoms with Crippen molar-refractivity contribution in [2.75, 3.05) is 18.5 Å². The lowest BCUT2D eigenvalue weighted by Gasteiger charge is -2.28. The minimum absolute atomic E-state index is 0.182. The Morgan fingerprint density at radius 1 is 1.24 bits per heavy atom. The lowest BCUT2D eigenvalue weighted by molar-refractivity contribution is 0.233. The van der Waals surface area contributed by atoms with Crippen molar-refractivity contribution in [3.63, 3.8) is 0 Å². The van der Waals surface area contributed by atoms with Crippen LogP contribution in [0.4, 0.5) is 5.69 Å². The molecule has 2 aromatic carbocycles. The molecule has 0 bridgehead atoms. The fraction of sp³-hybridized carbons (Fsp3) is 0.286. The third-order valence-electron chi connectivity index (χ3n) is 3.16. The van der Waals surface area contributed by atoms with E-state index in [9.17, 15) is 0 Å². The minimum atomic E-state index is 0.182. The van der Waals surface area contributed by atoms with Crippen LogP contribution in [0.1, 0.15) is 6.42 Å². The zero-order chi connectivity index (χ0) is 11.7. The van der Waals surface area contributed by atoms with E-state index < -0.39 is 0 Å². The highest BCUT2D eigenvalue weighted by Gasteiger charge is 2.19. The fourth-order valence-corrected chi connectivity index (χ4v) is 2.27. The molecule has 1 heterocycles. The van der Waals surface area contributed by atoms with Gasteiger partial charge in [0.1, 0.15) is 12.4 Å². The minimum Gasteiger partial charge on any atom is -0.489 e. The zero-order valence-electron chi connectivity index (χ0n) is 9.52. The molecule has 3 rings (SSSR count). The van der Waals surface area contributed by atoms with Crippen LogP contribution < -0.4 is 10.1 Å². The highest BCUT2D eigenvalue weighted by Crippen LogP contribution is 2.36. The van der Waals surface area contributed by atoms with Gasteiger partial charge in [0.25, 0.3) is 0 Å². The Kier molecular flexibility index (Phi) is 2.61. The van der Waals surface area contributed by atoms with Crippen LogP contribution >= 0.6 is 0 Å². The van der Waals surface area contributed by atoms with Gasteiger partial charge in [-0.25, -0.2) is 0 Å². The van der Waals surface area contributed by atoms with E-state index in [-0.39, 0.29) is 12.6 Å². The van der Waals surface area contributed by atoms with Gasteiger partial charge in [-0.1, -0.05) is 30.3 Å². The summed E-state index contributed by atoms with van der Waals surface area (Å²) in [6, 6.07) is 12.5. The lowest BCUT2D eigenvalue weighted by Crippen LogP contribution is -2.32. The number of nitrogens with one attached hydrogen (secondary N) is 1. The average molecular weight is 229 g/mol. The van der Waals surface area contributed by atoms with Crippen molar-refractivity contribution in [2.45, 2.75) is 12.5 Å². The monoisotopic (exact) mass is 229 g/mol. The summed E-state index contributed by atoms with van der Waals surface area (Å²) in [5.41, 5.74) is 1.05. The number of benzene rings is 2. The van der Waals surface area contributed by atoms with Crippen LogP contribution in [0, 0.1) is 0 Å². The SMILES string of the molecule is OCCC1COc2ccc3ccccc3c2N1. The summed E-state index contributed by atoms with van der Waals surface area (Å²) in [5.74, 6) is 0.901. The third-order valence-corrected chi connectivity index (χ3v) is 3.16. The number of aliphatic hydroxyl groups is 1. The summed E-state index contributed by atoms with van der Waals surface area (Å²) >= 11 is 0. The first-order valence-corrected chi connectivity index (χ1v) is 5.90. The van der Waals surface area contributed by atoms with Gasteiger partial charge in [0.05, 0.1) is 11.7 Å². The highest BCUT2D eigenvalue weighted by atomic mass is 16.5. The Morgan fingerprint density at radius 3 is 3.00 bits per heavy atom. The second-order valence-corrected chi connectivity index (χ2v) is 4.32. The first-order valence-electron chi connectivity index (χ1n) is 5.90. The fourth-order valence-electron chi connectivity index (χ4n) is 2.27. The second-order valence-electron chi connectivity index (χ2n) is 4.32. The molecular weight excluding hydrogens is 214 g/mol. The maximum atomic E-state index is 8.98. The summed E-state index contributed by atoms with van der Waals surface area (Å²) in [4.78, 5) is 0. The molecule has 17 heavy (non-hydrogen) atoms. The number of rotatable bonds is 2. The quantitative estimate of drug-likeness (QED) is 0.830. The molecule has 3 nitrogen and oxygen atoms in total. The van der Waals surface area contributed by atoms with Crippen molar-refractivity contribution < 1.29 is 9.84 Å². The van der Waals surface area contributed by atoms with E-state index in [1.54, 1.807) is 0 Å². The van der Waals surface area contributed by atoms with E-state index in [0.717, 1.165) is 11.4 Å². The van der Waals surface area contributed by atoms with E-state index in [1.807, 2.05) is 18.2 Å². The molecule has 0 amide bonds. The summed E-state index contributed by atoms with van der Waals surface area (Å²) in [6.07, 6.45) is 0.711. The maximum Gasteiger partial charge on any atom is 0.143 e. The summed E-state index contributed by atoms with van der Waals surface area (Å²) in [6.45, 7) is 0.799. The van der Waals surface area contributed by atoms with Crippen LogP contribution in [0.3, 0.4) is 0 Å². The summed E-state index contributed by atoms with van der Waals surface area (Å²) in [5, 5.41) is 14.8. The van der Waals surface area contributed by atoms with Crippen LogP contribution in [0.5, 0.6) is 5.75 Å². The maximum absolute atomic E-state index is 8.98. The van der Waals surface area contributed by atoms with E-state index in [4.69, 9.17) is 9.84 Å². The van der Waals surface area contributed by atoms with E-state index in [1.165, 1.54) is 10.8 Å². The topological polar surface area (TPSA) is 41.5 Å². The average Bonchev–Trinajstić information content (AvgIpc) is 2.39. The molecule has 0 radical (unpaired) electrons. The molecule has 88 valence electrons. The van der Waals surface area contributed by atoms with Crippen molar-refractivity contribution in [1.82, 2.24) is 0 Å². The molecule has 3 heteroatoms. The summed E-state index contributed by atoms with van der Waals surface area (Å²) in [7, 11) is 0. The molecule has 0 saturated heterocycles. The van der Waals surface area contributed by atoms with Crippen LogP contribution in [-0.4, -0.2) is 24.4 Å². The number of ether oxygens (including phenoxy) is 1. The molecule has 0 saturated carbocycles.